The van der Waals surface area contributed by atoms with Gasteiger partial charge in [-0.1, -0.05) is 13.0 Å². The van der Waals surface area contributed by atoms with Crippen LogP contribution in [0.15, 0.2) is 16.8 Å². The van der Waals surface area contributed by atoms with E-state index < -0.39 is 6.03 Å². The van der Waals surface area contributed by atoms with Gasteiger partial charge in [-0.2, -0.15) is 5.10 Å². The third-order valence-electron chi connectivity index (χ3n) is 2.13. The number of carbonyl (C=O) groups excluding carboxylic acids is 1. The summed E-state index contributed by atoms with van der Waals surface area (Å²) in [5.41, 5.74) is 9.21. The summed E-state index contributed by atoms with van der Waals surface area (Å²) >= 11 is 0. The van der Waals surface area contributed by atoms with Gasteiger partial charge in [-0.3, -0.25) is 0 Å². The van der Waals surface area contributed by atoms with E-state index in [4.69, 9.17) is 5.73 Å². The van der Waals surface area contributed by atoms with Gasteiger partial charge >= 0.3 is 6.03 Å². The molecule has 0 radical (unpaired) electrons. The summed E-state index contributed by atoms with van der Waals surface area (Å²) in [6.45, 7) is 4.17. The van der Waals surface area contributed by atoms with E-state index in [2.05, 4.69) is 23.5 Å². The highest BCUT2D eigenvalue weighted by Gasteiger charge is 2.12. The lowest BCUT2D eigenvalue weighted by molar-refractivity contribution is 0.249. The van der Waals surface area contributed by atoms with Gasteiger partial charge in [-0.05, 0) is 31.3 Å². The van der Waals surface area contributed by atoms with Gasteiger partial charge in [0, 0.05) is 0 Å². The van der Waals surface area contributed by atoms with Gasteiger partial charge in [-0.15, -0.1) is 0 Å². The molecular weight excluding hydrogens is 166 g/mol. The first-order chi connectivity index (χ1) is 6.09. The average Bonchev–Trinajstić information content (AvgIpc) is 2.02. The van der Waals surface area contributed by atoms with Gasteiger partial charge in [0.2, 0.25) is 0 Å². The molecule has 2 amide bonds. The number of allylic oxidation sites excluding steroid dienone is 2. The van der Waals surface area contributed by atoms with Crippen LogP contribution in [0.2, 0.25) is 0 Å². The van der Waals surface area contributed by atoms with Crippen LogP contribution < -0.4 is 11.2 Å². The molecule has 0 aromatic carbocycles. The van der Waals surface area contributed by atoms with Crippen molar-refractivity contribution < 1.29 is 4.79 Å². The molecule has 13 heavy (non-hydrogen) atoms. The minimum absolute atomic E-state index is 0.604. The fourth-order valence-corrected chi connectivity index (χ4v) is 1.43. The molecule has 1 aliphatic carbocycles. The predicted octanol–water partition coefficient (Wildman–Crippen LogP) is 1.39. The lowest BCUT2D eigenvalue weighted by Crippen LogP contribution is -2.26. The minimum Gasteiger partial charge on any atom is -0.350 e. The van der Waals surface area contributed by atoms with E-state index in [1.165, 1.54) is 0 Å². The Morgan fingerprint density at radius 1 is 1.77 bits per heavy atom. The monoisotopic (exact) mass is 181 g/mol. The van der Waals surface area contributed by atoms with Crippen LogP contribution in [0, 0.1) is 5.92 Å². The molecule has 4 heteroatoms. The van der Waals surface area contributed by atoms with E-state index in [9.17, 15) is 4.79 Å². The third-order valence-corrected chi connectivity index (χ3v) is 2.13. The number of urea groups is 1. The fourth-order valence-electron chi connectivity index (χ4n) is 1.43. The number of rotatable bonds is 1. The van der Waals surface area contributed by atoms with Crippen molar-refractivity contribution in [3.05, 3.63) is 11.6 Å². The quantitative estimate of drug-likeness (QED) is 0.590. The normalized spacial score (nSPS) is 25.5. The molecule has 0 saturated carbocycles. The molecular formula is C9H15N3O. The van der Waals surface area contributed by atoms with E-state index in [-0.39, 0.29) is 0 Å². The molecule has 0 saturated heterocycles. The summed E-state index contributed by atoms with van der Waals surface area (Å²) in [5.74, 6) is 0.604. The molecule has 0 spiro atoms. The van der Waals surface area contributed by atoms with Crippen LogP contribution in [-0.2, 0) is 0 Å². The van der Waals surface area contributed by atoms with Gasteiger partial charge in [0.25, 0.3) is 0 Å². The Morgan fingerprint density at radius 2 is 2.46 bits per heavy atom. The number of nitrogens with one attached hydrogen (secondary N) is 1. The Kier molecular flexibility index (Phi) is 3.06. The van der Waals surface area contributed by atoms with Crippen molar-refractivity contribution in [3.63, 3.8) is 0 Å². The number of nitrogens with zero attached hydrogens (tertiary/aromatic N) is 1. The zero-order valence-corrected chi connectivity index (χ0v) is 8.00. The highest BCUT2D eigenvalue weighted by atomic mass is 16.2. The van der Waals surface area contributed by atoms with E-state index in [1.807, 2.05) is 6.92 Å². The second-order valence-corrected chi connectivity index (χ2v) is 3.40. The second-order valence-electron chi connectivity index (χ2n) is 3.40. The van der Waals surface area contributed by atoms with Crippen LogP contribution in [-0.4, -0.2) is 11.7 Å². The minimum atomic E-state index is -0.612. The number of primary amides is 1. The number of hydrazone groups is 1. The summed E-state index contributed by atoms with van der Waals surface area (Å²) in [6, 6.07) is -0.612. The lowest BCUT2D eigenvalue weighted by Gasteiger charge is -2.16. The molecule has 0 heterocycles. The van der Waals surface area contributed by atoms with Crippen molar-refractivity contribution in [2.45, 2.75) is 26.7 Å². The number of hydrogen-bond acceptors (Lipinski definition) is 2. The molecule has 0 fully saturated rings. The summed E-state index contributed by atoms with van der Waals surface area (Å²) in [7, 11) is 0. The molecule has 0 bridgehead atoms. The molecule has 0 aliphatic heterocycles. The predicted molar refractivity (Wildman–Crippen MR) is 52.3 cm³/mol. The summed E-state index contributed by atoms with van der Waals surface area (Å²) in [4.78, 5) is 10.4. The van der Waals surface area contributed by atoms with Crippen LogP contribution in [0.25, 0.3) is 0 Å². The summed E-state index contributed by atoms with van der Waals surface area (Å²) < 4.78 is 0. The van der Waals surface area contributed by atoms with Crippen molar-refractivity contribution in [3.8, 4) is 0 Å². The van der Waals surface area contributed by atoms with E-state index in [1.54, 1.807) is 0 Å². The maximum atomic E-state index is 10.4. The molecule has 4 nitrogen and oxygen atoms in total. The zero-order valence-electron chi connectivity index (χ0n) is 8.00. The Balaban J connectivity index is 2.66. The zero-order chi connectivity index (χ0) is 9.84. The number of amides is 2. The molecule has 3 N–H and O–H groups in total. The fraction of sp³-hybridized carbons (Fsp3) is 0.556. The van der Waals surface area contributed by atoms with Crippen LogP contribution >= 0.6 is 0 Å². The number of hydrogen-bond donors (Lipinski definition) is 2. The maximum Gasteiger partial charge on any atom is 0.332 e. The SMILES string of the molecule is CC1=CC(C)CC/C1=N\NC(N)=O. The van der Waals surface area contributed by atoms with Crippen molar-refractivity contribution in [1.29, 1.82) is 0 Å². The molecule has 1 aliphatic rings. The van der Waals surface area contributed by atoms with Crippen molar-refractivity contribution in [2.75, 3.05) is 0 Å². The van der Waals surface area contributed by atoms with E-state index in [0.29, 0.717) is 5.92 Å². The smallest absolute Gasteiger partial charge is 0.332 e. The highest BCUT2D eigenvalue weighted by molar-refractivity contribution is 6.00. The number of nitrogens with two attached hydrogens (primary N) is 1. The third kappa shape index (κ3) is 2.89. The van der Waals surface area contributed by atoms with Gasteiger partial charge in [0.05, 0.1) is 5.71 Å². The second kappa shape index (κ2) is 4.07. The molecule has 0 aromatic rings. The van der Waals surface area contributed by atoms with Crippen LogP contribution in [0.4, 0.5) is 4.79 Å². The van der Waals surface area contributed by atoms with Crippen LogP contribution in [0.1, 0.15) is 26.7 Å². The van der Waals surface area contributed by atoms with Crippen LogP contribution in [0.3, 0.4) is 0 Å². The highest BCUT2D eigenvalue weighted by Crippen LogP contribution is 2.19. The Morgan fingerprint density at radius 3 is 3.00 bits per heavy atom. The topological polar surface area (TPSA) is 67.5 Å². The summed E-state index contributed by atoms with van der Waals surface area (Å²) in [5, 5.41) is 3.92. The summed E-state index contributed by atoms with van der Waals surface area (Å²) in [6.07, 6.45) is 4.14. The van der Waals surface area contributed by atoms with Gasteiger partial charge in [0.1, 0.15) is 0 Å². The van der Waals surface area contributed by atoms with Gasteiger partial charge < -0.3 is 5.73 Å². The van der Waals surface area contributed by atoms with Crippen LogP contribution in [0.5, 0.6) is 0 Å². The Labute approximate surface area is 77.9 Å². The average molecular weight is 181 g/mol. The Bertz CT molecular complexity index is 268. The molecule has 1 unspecified atom stereocenters. The molecule has 0 aromatic heterocycles. The largest absolute Gasteiger partial charge is 0.350 e. The maximum absolute atomic E-state index is 10.4. The number of carbonyl (C=O) groups is 1. The van der Waals surface area contributed by atoms with E-state index >= 15 is 0 Å². The molecule has 1 atom stereocenters. The molecule has 72 valence electrons. The van der Waals surface area contributed by atoms with Gasteiger partial charge in [-0.25, -0.2) is 10.2 Å². The standard InChI is InChI=1S/C9H15N3O/c1-6-3-4-8(7(2)5-6)11-12-9(10)13/h5-6H,3-4H2,1-2H3,(H3,10,12,13)/b11-8+. The van der Waals surface area contributed by atoms with E-state index in [0.717, 1.165) is 24.1 Å². The molecule has 1 rings (SSSR count). The lowest BCUT2D eigenvalue weighted by atomic mass is 9.91. The van der Waals surface area contributed by atoms with Gasteiger partial charge in [0.15, 0.2) is 0 Å². The van der Waals surface area contributed by atoms with Crippen molar-refractivity contribution in [2.24, 2.45) is 16.8 Å². The first-order valence-electron chi connectivity index (χ1n) is 4.40. The van der Waals surface area contributed by atoms with Crippen molar-refractivity contribution in [1.82, 2.24) is 5.43 Å². The first kappa shape index (κ1) is 9.77. The first-order valence-corrected chi connectivity index (χ1v) is 4.40. The Hall–Kier alpha value is -1.32. The van der Waals surface area contributed by atoms with Crippen molar-refractivity contribution >= 4 is 11.7 Å².